The van der Waals surface area contributed by atoms with E-state index in [-0.39, 0.29) is 0 Å². The molecule has 0 amide bonds. The highest BCUT2D eigenvalue weighted by Crippen LogP contribution is 2.12. The number of hydrogen-bond acceptors (Lipinski definition) is 2. The van der Waals surface area contributed by atoms with Gasteiger partial charge in [0.15, 0.2) is 0 Å². The van der Waals surface area contributed by atoms with Gasteiger partial charge < -0.3 is 5.32 Å². The molecule has 1 rings (SSSR count). The lowest BCUT2D eigenvalue weighted by molar-refractivity contribution is 0.529. The van der Waals surface area contributed by atoms with Gasteiger partial charge in [-0.2, -0.15) is 12.6 Å². The van der Waals surface area contributed by atoms with Gasteiger partial charge in [0.1, 0.15) is 0 Å². The Labute approximate surface area is 92.3 Å². The van der Waals surface area contributed by atoms with E-state index in [2.05, 4.69) is 55.2 Å². The predicted molar refractivity (Wildman–Crippen MR) is 66.1 cm³/mol. The van der Waals surface area contributed by atoms with Crippen molar-refractivity contribution in [1.29, 1.82) is 0 Å². The minimum absolute atomic E-state index is 0.431. The molecular weight excluding hydrogens is 190 g/mol. The lowest BCUT2D eigenvalue weighted by Gasteiger charge is -2.21. The minimum Gasteiger partial charge on any atom is -0.316 e. The number of hydrogen-bond donors (Lipinski definition) is 2. The van der Waals surface area contributed by atoms with Crippen molar-refractivity contribution >= 4 is 12.6 Å². The average Bonchev–Trinajstić information content (AvgIpc) is 2.26. The fourth-order valence-electron chi connectivity index (χ4n) is 1.58. The summed E-state index contributed by atoms with van der Waals surface area (Å²) >= 11 is 4.57. The molecule has 78 valence electrons. The van der Waals surface area contributed by atoms with Crippen LogP contribution in [0.2, 0.25) is 0 Å². The number of likely N-dealkylation sites (N-methyl/N-ethyl adjacent to an activating group) is 1. The van der Waals surface area contributed by atoms with Crippen LogP contribution in [0.1, 0.15) is 18.9 Å². The highest BCUT2D eigenvalue weighted by atomic mass is 32.1. The first-order chi connectivity index (χ1) is 6.77. The van der Waals surface area contributed by atoms with Gasteiger partial charge in [-0.3, -0.25) is 0 Å². The smallest absolute Gasteiger partial charge is 0.0221 e. The van der Waals surface area contributed by atoms with Crippen molar-refractivity contribution in [3.8, 4) is 0 Å². The maximum Gasteiger partial charge on any atom is 0.0221 e. The minimum atomic E-state index is 0.431. The van der Waals surface area contributed by atoms with E-state index in [4.69, 9.17) is 0 Å². The third kappa shape index (κ3) is 3.35. The molecule has 1 aromatic rings. The summed E-state index contributed by atoms with van der Waals surface area (Å²) in [5, 5.41) is 3.76. The molecule has 1 aromatic carbocycles. The summed E-state index contributed by atoms with van der Waals surface area (Å²) in [5.74, 6) is 0. The van der Waals surface area contributed by atoms with Crippen molar-refractivity contribution < 1.29 is 0 Å². The fraction of sp³-hybridized carbons (Fsp3) is 0.500. The van der Waals surface area contributed by atoms with E-state index in [1.807, 2.05) is 7.05 Å². The quantitative estimate of drug-likeness (QED) is 0.710. The SMILES string of the molecule is CC[C@@H](S)[C@H](Cc1ccccc1)NC. The standard InChI is InChI=1S/C12H19NS/c1-3-12(14)11(13-2)9-10-7-5-4-6-8-10/h4-8,11-14H,3,9H2,1-2H3/t11-,12+/m0/s1. The second kappa shape index (κ2) is 6.10. The van der Waals surface area contributed by atoms with Crippen molar-refractivity contribution in [2.45, 2.75) is 31.1 Å². The van der Waals surface area contributed by atoms with Gasteiger partial charge in [-0.1, -0.05) is 37.3 Å². The summed E-state index contributed by atoms with van der Waals surface area (Å²) in [7, 11) is 2.01. The second-order valence-electron chi connectivity index (χ2n) is 3.56. The summed E-state index contributed by atoms with van der Waals surface area (Å²) in [6, 6.07) is 11.0. The monoisotopic (exact) mass is 209 g/mol. The molecule has 0 spiro atoms. The zero-order valence-corrected chi connectivity index (χ0v) is 9.80. The maximum atomic E-state index is 4.57. The van der Waals surface area contributed by atoms with Gasteiger partial charge in [-0.25, -0.2) is 0 Å². The van der Waals surface area contributed by atoms with Gasteiger partial charge in [-0.05, 0) is 25.5 Å². The van der Waals surface area contributed by atoms with E-state index in [0.717, 1.165) is 12.8 Å². The first-order valence-corrected chi connectivity index (χ1v) is 5.68. The molecule has 0 saturated heterocycles. The molecule has 0 radical (unpaired) electrons. The van der Waals surface area contributed by atoms with Gasteiger partial charge in [-0.15, -0.1) is 0 Å². The molecule has 1 N–H and O–H groups in total. The largest absolute Gasteiger partial charge is 0.316 e. The molecule has 0 fully saturated rings. The Morgan fingerprint density at radius 3 is 2.43 bits per heavy atom. The predicted octanol–water partition coefficient (Wildman–Crippen LogP) is 2.53. The molecule has 0 aliphatic heterocycles. The van der Waals surface area contributed by atoms with Crippen LogP contribution in [0.25, 0.3) is 0 Å². The van der Waals surface area contributed by atoms with E-state index in [1.165, 1.54) is 5.56 Å². The second-order valence-corrected chi connectivity index (χ2v) is 4.22. The summed E-state index contributed by atoms with van der Waals surface area (Å²) in [6.07, 6.45) is 2.15. The molecule has 0 bridgehead atoms. The summed E-state index contributed by atoms with van der Waals surface area (Å²) in [4.78, 5) is 0. The van der Waals surface area contributed by atoms with Crippen LogP contribution in [0, 0.1) is 0 Å². The van der Waals surface area contributed by atoms with Crippen LogP contribution < -0.4 is 5.32 Å². The molecule has 0 aliphatic rings. The van der Waals surface area contributed by atoms with E-state index >= 15 is 0 Å². The lowest BCUT2D eigenvalue weighted by Crippen LogP contribution is -2.36. The molecule has 2 heteroatoms. The number of benzene rings is 1. The van der Waals surface area contributed by atoms with Crippen LogP contribution in [0.15, 0.2) is 30.3 Å². The summed E-state index contributed by atoms with van der Waals surface area (Å²) in [5.41, 5.74) is 1.37. The van der Waals surface area contributed by atoms with Crippen molar-refractivity contribution in [1.82, 2.24) is 5.32 Å². The van der Waals surface area contributed by atoms with E-state index in [9.17, 15) is 0 Å². The lowest BCUT2D eigenvalue weighted by atomic mass is 10.0. The van der Waals surface area contributed by atoms with Crippen molar-refractivity contribution in [3.63, 3.8) is 0 Å². The van der Waals surface area contributed by atoms with Crippen molar-refractivity contribution in [2.24, 2.45) is 0 Å². The van der Waals surface area contributed by atoms with Gasteiger partial charge in [0.25, 0.3) is 0 Å². The Hall–Kier alpha value is -0.470. The third-order valence-corrected chi connectivity index (χ3v) is 3.28. The van der Waals surface area contributed by atoms with Crippen LogP contribution in [0.3, 0.4) is 0 Å². The van der Waals surface area contributed by atoms with E-state index in [1.54, 1.807) is 0 Å². The molecular formula is C12H19NS. The first-order valence-electron chi connectivity index (χ1n) is 5.17. The normalized spacial score (nSPS) is 15.1. The Balaban J connectivity index is 2.57. The molecule has 0 saturated carbocycles. The Kier molecular flexibility index (Phi) is 5.05. The van der Waals surface area contributed by atoms with Gasteiger partial charge in [0, 0.05) is 11.3 Å². The van der Waals surface area contributed by atoms with Gasteiger partial charge >= 0.3 is 0 Å². The zero-order valence-electron chi connectivity index (χ0n) is 8.90. The Morgan fingerprint density at radius 2 is 1.93 bits per heavy atom. The molecule has 0 aliphatic carbocycles. The topological polar surface area (TPSA) is 12.0 Å². The zero-order chi connectivity index (χ0) is 10.4. The molecule has 0 heterocycles. The molecule has 2 atom stereocenters. The Morgan fingerprint density at radius 1 is 1.29 bits per heavy atom. The van der Waals surface area contributed by atoms with Crippen LogP contribution in [-0.4, -0.2) is 18.3 Å². The third-order valence-electron chi connectivity index (χ3n) is 2.55. The number of rotatable bonds is 5. The van der Waals surface area contributed by atoms with Gasteiger partial charge in [0.2, 0.25) is 0 Å². The summed E-state index contributed by atoms with van der Waals surface area (Å²) < 4.78 is 0. The van der Waals surface area contributed by atoms with Crippen LogP contribution in [-0.2, 0) is 6.42 Å². The van der Waals surface area contributed by atoms with Crippen molar-refractivity contribution in [3.05, 3.63) is 35.9 Å². The highest BCUT2D eigenvalue weighted by molar-refractivity contribution is 7.81. The molecule has 1 nitrogen and oxygen atoms in total. The van der Waals surface area contributed by atoms with E-state index < -0.39 is 0 Å². The first kappa shape index (κ1) is 11.6. The number of thiol groups is 1. The highest BCUT2D eigenvalue weighted by Gasteiger charge is 2.14. The van der Waals surface area contributed by atoms with E-state index in [0.29, 0.717) is 11.3 Å². The van der Waals surface area contributed by atoms with Crippen LogP contribution in [0.5, 0.6) is 0 Å². The Bertz CT molecular complexity index is 248. The summed E-state index contributed by atoms with van der Waals surface area (Å²) in [6.45, 7) is 2.17. The molecule has 0 aromatic heterocycles. The van der Waals surface area contributed by atoms with Gasteiger partial charge in [0.05, 0.1) is 0 Å². The number of nitrogens with one attached hydrogen (secondary N) is 1. The van der Waals surface area contributed by atoms with Crippen molar-refractivity contribution in [2.75, 3.05) is 7.05 Å². The maximum absolute atomic E-state index is 4.57. The fourth-order valence-corrected chi connectivity index (χ4v) is 1.84. The van der Waals surface area contributed by atoms with Crippen LogP contribution >= 0.6 is 12.6 Å². The molecule has 14 heavy (non-hydrogen) atoms. The van der Waals surface area contributed by atoms with Crippen LogP contribution in [0.4, 0.5) is 0 Å². The average molecular weight is 209 g/mol. The molecule has 0 unspecified atom stereocenters.